The normalized spacial score (nSPS) is 13.4. The summed E-state index contributed by atoms with van der Waals surface area (Å²) in [5.41, 5.74) is 6.97. The number of likely N-dealkylation sites (N-methyl/N-ethyl adjacent to an activating group) is 1. The van der Waals surface area contributed by atoms with Crippen LogP contribution in [0.15, 0.2) is 24.3 Å². The van der Waals surface area contributed by atoms with E-state index < -0.39 is 0 Å². The van der Waals surface area contributed by atoms with Crippen LogP contribution in [0.4, 0.5) is 4.39 Å². The van der Waals surface area contributed by atoms with E-state index in [0.29, 0.717) is 5.92 Å². The Kier molecular flexibility index (Phi) is 4.90. The fourth-order valence-corrected chi connectivity index (χ4v) is 1.58. The highest BCUT2D eigenvalue weighted by Gasteiger charge is 2.10. The smallest absolute Gasteiger partial charge is 0.123 e. The third-order valence-corrected chi connectivity index (χ3v) is 2.72. The van der Waals surface area contributed by atoms with Gasteiger partial charge in [0.25, 0.3) is 0 Å². The van der Waals surface area contributed by atoms with Crippen LogP contribution in [0.5, 0.6) is 0 Å². The zero-order valence-electron chi connectivity index (χ0n) is 10.3. The first-order chi connectivity index (χ1) is 7.49. The van der Waals surface area contributed by atoms with E-state index in [-0.39, 0.29) is 11.9 Å². The molecule has 0 aliphatic carbocycles. The van der Waals surface area contributed by atoms with E-state index in [1.807, 2.05) is 13.1 Å². The van der Waals surface area contributed by atoms with Gasteiger partial charge in [-0.15, -0.1) is 0 Å². The summed E-state index contributed by atoms with van der Waals surface area (Å²) in [4.78, 5) is 2.12. The summed E-state index contributed by atoms with van der Waals surface area (Å²) in [6.45, 7) is 5.79. The first kappa shape index (κ1) is 13.1. The van der Waals surface area contributed by atoms with E-state index >= 15 is 0 Å². The number of nitrogens with zero attached hydrogens (tertiary/aromatic N) is 1. The van der Waals surface area contributed by atoms with Gasteiger partial charge in [0, 0.05) is 19.1 Å². The molecule has 1 unspecified atom stereocenters. The molecule has 1 aromatic carbocycles. The van der Waals surface area contributed by atoms with Crippen LogP contribution in [0.3, 0.4) is 0 Å². The zero-order valence-corrected chi connectivity index (χ0v) is 10.3. The number of rotatable bonds is 5. The maximum Gasteiger partial charge on any atom is 0.123 e. The van der Waals surface area contributed by atoms with Gasteiger partial charge >= 0.3 is 0 Å². The standard InChI is InChI=1S/C13H21FN2/c1-10(2)13(15)9-16(3)8-11-5-4-6-12(14)7-11/h4-7,10,13H,8-9,15H2,1-3H3. The fraction of sp³-hybridized carbons (Fsp3) is 0.538. The molecule has 0 amide bonds. The second-order valence-electron chi connectivity index (χ2n) is 4.73. The molecule has 2 nitrogen and oxygen atoms in total. The molecule has 0 saturated heterocycles. The predicted molar refractivity (Wildman–Crippen MR) is 65.5 cm³/mol. The summed E-state index contributed by atoms with van der Waals surface area (Å²) in [6.07, 6.45) is 0. The SMILES string of the molecule is CC(C)C(N)CN(C)Cc1cccc(F)c1. The van der Waals surface area contributed by atoms with Crippen molar-refractivity contribution < 1.29 is 4.39 Å². The Morgan fingerprint density at radius 1 is 1.38 bits per heavy atom. The predicted octanol–water partition coefficient (Wildman–Crippen LogP) is 2.24. The Hall–Kier alpha value is -0.930. The first-order valence-electron chi connectivity index (χ1n) is 5.67. The molecule has 0 fully saturated rings. The molecule has 0 heterocycles. The molecule has 2 N–H and O–H groups in total. The minimum absolute atomic E-state index is 0.165. The summed E-state index contributed by atoms with van der Waals surface area (Å²) in [7, 11) is 2.01. The van der Waals surface area contributed by atoms with Crippen molar-refractivity contribution in [2.45, 2.75) is 26.4 Å². The van der Waals surface area contributed by atoms with Crippen LogP contribution in [0, 0.1) is 11.7 Å². The highest BCUT2D eigenvalue weighted by Crippen LogP contribution is 2.07. The molecule has 1 rings (SSSR count). The molecule has 1 atom stereocenters. The maximum absolute atomic E-state index is 13.0. The molecule has 0 bridgehead atoms. The van der Waals surface area contributed by atoms with Crippen LogP contribution in [-0.4, -0.2) is 24.5 Å². The van der Waals surface area contributed by atoms with Gasteiger partial charge in [0.05, 0.1) is 0 Å². The molecule has 90 valence electrons. The van der Waals surface area contributed by atoms with Crippen LogP contribution in [0.25, 0.3) is 0 Å². The molecule has 1 aromatic rings. The number of benzene rings is 1. The van der Waals surface area contributed by atoms with Gasteiger partial charge in [-0.05, 0) is 30.7 Å². The number of halogens is 1. The van der Waals surface area contributed by atoms with Gasteiger partial charge in [0.2, 0.25) is 0 Å². The summed E-state index contributed by atoms with van der Waals surface area (Å²) in [5.74, 6) is 0.286. The van der Waals surface area contributed by atoms with Crippen molar-refractivity contribution in [1.29, 1.82) is 0 Å². The fourth-order valence-electron chi connectivity index (χ4n) is 1.58. The van der Waals surface area contributed by atoms with Crippen LogP contribution >= 0.6 is 0 Å². The third kappa shape index (κ3) is 4.29. The summed E-state index contributed by atoms with van der Waals surface area (Å²) in [6, 6.07) is 6.86. The van der Waals surface area contributed by atoms with E-state index in [0.717, 1.165) is 18.7 Å². The minimum atomic E-state index is -0.181. The molecular weight excluding hydrogens is 203 g/mol. The lowest BCUT2D eigenvalue weighted by molar-refractivity contribution is 0.276. The lowest BCUT2D eigenvalue weighted by Gasteiger charge is -2.23. The minimum Gasteiger partial charge on any atom is -0.326 e. The van der Waals surface area contributed by atoms with Crippen molar-refractivity contribution in [3.05, 3.63) is 35.6 Å². The maximum atomic E-state index is 13.0. The van der Waals surface area contributed by atoms with Crippen LogP contribution in [0.2, 0.25) is 0 Å². The highest BCUT2D eigenvalue weighted by atomic mass is 19.1. The Balaban J connectivity index is 2.48. The topological polar surface area (TPSA) is 29.3 Å². The van der Waals surface area contributed by atoms with Gasteiger partial charge in [-0.25, -0.2) is 4.39 Å². The number of nitrogens with two attached hydrogens (primary N) is 1. The lowest BCUT2D eigenvalue weighted by Crippen LogP contribution is -2.38. The van der Waals surface area contributed by atoms with Gasteiger partial charge in [-0.3, -0.25) is 0 Å². The van der Waals surface area contributed by atoms with E-state index in [4.69, 9.17) is 5.73 Å². The van der Waals surface area contributed by atoms with E-state index in [2.05, 4.69) is 18.7 Å². The largest absolute Gasteiger partial charge is 0.326 e. The first-order valence-corrected chi connectivity index (χ1v) is 5.67. The van der Waals surface area contributed by atoms with Gasteiger partial charge in [-0.2, -0.15) is 0 Å². The van der Waals surface area contributed by atoms with Crippen molar-refractivity contribution in [2.24, 2.45) is 11.7 Å². The average Bonchev–Trinajstić information content (AvgIpc) is 2.16. The molecule has 0 aliphatic rings. The van der Waals surface area contributed by atoms with E-state index in [1.165, 1.54) is 6.07 Å². The Bertz CT molecular complexity index is 325. The molecule has 3 heteroatoms. The number of hydrogen-bond donors (Lipinski definition) is 1. The van der Waals surface area contributed by atoms with Crippen molar-refractivity contribution in [3.63, 3.8) is 0 Å². The third-order valence-electron chi connectivity index (χ3n) is 2.72. The molecule has 16 heavy (non-hydrogen) atoms. The molecule has 0 aromatic heterocycles. The van der Waals surface area contributed by atoms with Gasteiger partial charge in [0.1, 0.15) is 5.82 Å². The second kappa shape index (κ2) is 5.97. The molecule has 0 aliphatic heterocycles. The van der Waals surface area contributed by atoms with Crippen molar-refractivity contribution in [2.75, 3.05) is 13.6 Å². The lowest BCUT2D eigenvalue weighted by atomic mass is 10.1. The molecule has 0 spiro atoms. The summed E-state index contributed by atoms with van der Waals surface area (Å²) >= 11 is 0. The average molecular weight is 224 g/mol. The van der Waals surface area contributed by atoms with Gasteiger partial charge in [-0.1, -0.05) is 26.0 Å². The Morgan fingerprint density at radius 3 is 2.62 bits per heavy atom. The van der Waals surface area contributed by atoms with Crippen molar-refractivity contribution >= 4 is 0 Å². The van der Waals surface area contributed by atoms with Crippen LogP contribution in [0.1, 0.15) is 19.4 Å². The van der Waals surface area contributed by atoms with Crippen molar-refractivity contribution in [1.82, 2.24) is 4.90 Å². The van der Waals surface area contributed by atoms with Gasteiger partial charge < -0.3 is 10.6 Å². The quantitative estimate of drug-likeness (QED) is 0.831. The molecular formula is C13H21FN2. The summed E-state index contributed by atoms with van der Waals surface area (Å²) < 4.78 is 13.0. The monoisotopic (exact) mass is 224 g/mol. The second-order valence-corrected chi connectivity index (χ2v) is 4.73. The van der Waals surface area contributed by atoms with Crippen molar-refractivity contribution in [3.8, 4) is 0 Å². The summed E-state index contributed by atoms with van der Waals surface area (Å²) in [5, 5.41) is 0. The number of hydrogen-bond acceptors (Lipinski definition) is 2. The van der Waals surface area contributed by atoms with E-state index in [9.17, 15) is 4.39 Å². The molecule has 0 radical (unpaired) electrons. The molecule has 0 saturated carbocycles. The zero-order chi connectivity index (χ0) is 12.1. The Morgan fingerprint density at radius 2 is 2.06 bits per heavy atom. The van der Waals surface area contributed by atoms with Crippen LogP contribution < -0.4 is 5.73 Å². The van der Waals surface area contributed by atoms with E-state index in [1.54, 1.807) is 12.1 Å². The van der Waals surface area contributed by atoms with Crippen LogP contribution in [-0.2, 0) is 6.54 Å². The highest BCUT2D eigenvalue weighted by molar-refractivity contribution is 5.16. The van der Waals surface area contributed by atoms with Gasteiger partial charge in [0.15, 0.2) is 0 Å². The Labute approximate surface area is 97.3 Å².